The molecule has 2 aromatic rings. The quantitative estimate of drug-likeness (QED) is 0.884. The Hall–Kier alpha value is -2.04. The van der Waals surface area contributed by atoms with Crippen LogP contribution in [-0.4, -0.2) is 15.3 Å². The van der Waals surface area contributed by atoms with Gasteiger partial charge in [0, 0.05) is 11.1 Å². The van der Waals surface area contributed by atoms with Crippen LogP contribution in [-0.2, 0) is 11.1 Å². The molecule has 1 heterocycles. The van der Waals surface area contributed by atoms with Gasteiger partial charge in [-0.3, -0.25) is 0 Å². The molecular weight excluding hydrogens is 278 g/mol. The molecule has 1 fully saturated rings. The fourth-order valence-corrected chi connectivity index (χ4v) is 3.40. The summed E-state index contributed by atoms with van der Waals surface area (Å²) in [4.78, 5) is 0. The molecule has 0 aliphatic carbocycles. The topological polar surface area (TPSA) is 66.8 Å². The van der Waals surface area contributed by atoms with Crippen molar-refractivity contribution in [1.29, 1.82) is 0 Å². The van der Waals surface area contributed by atoms with E-state index in [1.54, 1.807) is 24.3 Å². The summed E-state index contributed by atoms with van der Waals surface area (Å²) in [6.07, 6.45) is 1.47. The molecule has 0 amide bonds. The van der Waals surface area contributed by atoms with Crippen molar-refractivity contribution in [2.75, 3.05) is 0 Å². The molecule has 0 aromatic heterocycles. The van der Waals surface area contributed by atoms with Crippen molar-refractivity contribution >= 4 is 0 Å². The van der Waals surface area contributed by atoms with Gasteiger partial charge in [0.2, 0.25) is 0 Å². The number of rotatable bonds is 2. The second-order valence-electron chi connectivity index (χ2n) is 6.44. The molecule has 1 aliphatic heterocycles. The molecule has 0 radical (unpaired) electrons. The summed E-state index contributed by atoms with van der Waals surface area (Å²) in [7, 11) is 0. The average molecular weight is 298 g/mol. The highest BCUT2D eigenvalue weighted by Crippen LogP contribution is 2.51. The first-order chi connectivity index (χ1) is 10.4. The maximum absolute atomic E-state index is 13.1. The van der Waals surface area contributed by atoms with Gasteiger partial charge in [-0.2, -0.15) is 0 Å². The third kappa shape index (κ3) is 2.16. The predicted molar refractivity (Wildman–Crippen MR) is 85.4 cm³/mol. The van der Waals surface area contributed by atoms with Crippen LogP contribution < -0.4 is 0 Å². The van der Waals surface area contributed by atoms with E-state index in [0.29, 0.717) is 0 Å². The lowest BCUT2D eigenvalue weighted by atomic mass is 9.89. The smallest absolute Gasteiger partial charge is 0.115 e. The zero-order valence-electron chi connectivity index (χ0n) is 12.8. The first-order valence-corrected chi connectivity index (χ1v) is 7.43. The van der Waals surface area contributed by atoms with Crippen molar-refractivity contribution in [2.45, 2.75) is 37.8 Å². The van der Waals surface area contributed by atoms with Crippen molar-refractivity contribution in [3.05, 3.63) is 64.9 Å². The fourth-order valence-electron chi connectivity index (χ4n) is 3.40. The fraction of sp³-hybridized carbons (Fsp3) is 0.333. The van der Waals surface area contributed by atoms with Crippen molar-refractivity contribution in [1.82, 2.24) is 5.06 Å². The molecule has 0 unspecified atom stereocenters. The Balaban J connectivity index is 1.98. The van der Waals surface area contributed by atoms with Crippen molar-refractivity contribution in [3.63, 3.8) is 0 Å². The largest absolute Gasteiger partial charge is 0.784 e. The molecule has 4 heteroatoms. The number of hydrogen-bond donors (Lipinski definition) is 2. The second kappa shape index (κ2) is 5.00. The van der Waals surface area contributed by atoms with E-state index < -0.39 is 11.1 Å². The molecule has 22 heavy (non-hydrogen) atoms. The molecular formula is C18H20NO3-. The van der Waals surface area contributed by atoms with Gasteiger partial charge in [0.15, 0.2) is 0 Å². The van der Waals surface area contributed by atoms with E-state index in [2.05, 4.69) is 0 Å². The van der Waals surface area contributed by atoms with Gasteiger partial charge in [-0.05, 0) is 62.1 Å². The number of phenolic OH excluding ortho intramolecular Hbond substituents is 2. The van der Waals surface area contributed by atoms with Crippen molar-refractivity contribution < 1.29 is 10.2 Å². The molecule has 3 rings (SSSR count). The molecule has 4 nitrogen and oxygen atoms in total. The van der Waals surface area contributed by atoms with Crippen molar-refractivity contribution in [2.24, 2.45) is 0 Å². The summed E-state index contributed by atoms with van der Waals surface area (Å²) in [5, 5.41) is 33.2. The summed E-state index contributed by atoms with van der Waals surface area (Å²) in [6.45, 7) is 3.89. The Morgan fingerprint density at radius 2 is 1.09 bits per heavy atom. The Bertz CT molecular complexity index is 608. The predicted octanol–water partition coefficient (Wildman–Crippen LogP) is 3.82. The molecule has 1 aliphatic rings. The molecule has 1 saturated heterocycles. The van der Waals surface area contributed by atoms with E-state index in [0.717, 1.165) is 24.0 Å². The summed E-state index contributed by atoms with van der Waals surface area (Å²) < 4.78 is 0. The molecule has 0 bridgehead atoms. The highest BCUT2D eigenvalue weighted by Gasteiger charge is 2.46. The zero-order valence-corrected chi connectivity index (χ0v) is 12.8. The number of aromatic hydroxyl groups is 2. The van der Waals surface area contributed by atoms with E-state index in [1.165, 1.54) is 5.06 Å². The zero-order chi connectivity index (χ0) is 16.0. The number of hydrogen-bond acceptors (Lipinski definition) is 4. The SMILES string of the molecule is C[C@@]1(c2ccc(O)cc2)CC[C@@](C)(c2ccc(O)cc2)N1[O-]. The minimum atomic E-state index is -0.625. The van der Waals surface area contributed by atoms with Crippen molar-refractivity contribution in [3.8, 4) is 11.5 Å². The van der Waals surface area contributed by atoms with E-state index in [9.17, 15) is 15.4 Å². The third-order valence-corrected chi connectivity index (χ3v) is 4.97. The second-order valence-corrected chi connectivity index (χ2v) is 6.44. The van der Waals surface area contributed by atoms with Gasteiger partial charge in [0.1, 0.15) is 11.5 Å². The van der Waals surface area contributed by atoms with Gasteiger partial charge in [0.05, 0.1) is 0 Å². The van der Waals surface area contributed by atoms with Gasteiger partial charge < -0.3 is 20.5 Å². The van der Waals surface area contributed by atoms with Crippen LogP contribution in [0.4, 0.5) is 0 Å². The summed E-state index contributed by atoms with van der Waals surface area (Å²) in [5.41, 5.74) is 0.561. The Kier molecular flexibility index (Phi) is 3.38. The van der Waals surface area contributed by atoms with Crippen LogP contribution in [0, 0.1) is 5.21 Å². The molecule has 2 N–H and O–H groups in total. The Morgan fingerprint density at radius 3 is 1.41 bits per heavy atom. The number of phenols is 2. The van der Waals surface area contributed by atoms with Gasteiger partial charge in [-0.15, -0.1) is 0 Å². The first-order valence-electron chi connectivity index (χ1n) is 7.43. The van der Waals surface area contributed by atoms with E-state index in [4.69, 9.17) is 0 Å². The van der Waals surface area contributed by atoms with Gasteiger partial charge in [0.25, 0.3) is 0 Å². The lowest BCUT2D eigenvalue weighted by Crippen LogP contribution is -2.43. The average Bonchev–Trinajstić information content (AvgIpc) is 2.75. The van der Waals surface area contributed by atoms with Crippen LogP contribution in [0.25, 0.3) is 0 Å². The minimum Gasteiger partial charge on any atom is -0.784 e. The molecule has 0 spiro atoms. The maximum atomic E-state index is 13.1. The van der Waals surface area contributed by atoms with Gasteiger partial charge in [-0.1, -0.05) is 24.3 Å². The van der Waals surface area contributed by atoms with Crippen LogP contribution in [0.5, 0.6) is 11.5 Å². The van der Waals surface area contributed by atoms with E-state index in [1.807, 2.05) is 38.1 Å². The monoisotopic (exact) mass is 298 g/mol. The number of hydroxylamine groups is 2. The van der Waals surface area contributed by atoms with Crippen LogP contribution in [0.3, 0.4) is 0 Å². The van der Waals surface area contributed by atoms with E-state index in [-0.39, 0.29) is 11.5 Å². The first kappa shape index (κ1) is 14.9. The van der Waals surface area contributed by atoms with Gasteiger partial charge in [-0.25, -0.2) is 0 Å². The van der Waals surface area contributed by atoms with Gasteiger partial charge >= 0.3 is 0 Å². The molecule has 2 aromatic carbocycles. The summed E-state index contributed by atoms with van der Waals surface area (Å²) >= 11 is 0. The lowest BCUT2D eigenvalue weighted by Gasteiger charge is -2.50. The Morgan fingerprint density at radius 1 is 0.773 bits per heavy atom. The Labute approximate surface area is 130 Å². The maximum Gasteiger partial charge on any atom is 0.115 e. The van der Waals surface area contributed by atoms with Crippen LogP contribution >= 0.6 is 0 Å². The minimum absolute atomic E-state index is 0.198. The highest BCUT2D eigenvalue weighted by molar-refractivity contribution is 5.37. The lowest BCUT2D eigenvalue weighted by molar-refractivity contribution is 0.115. The highest BCUT2D eigenvalue weighted by atomic mass is 16.5. The normalized spacial score (nSPS) is 28.9. The number of nitrogens with zero attached hydrogens (tertiary/aromatic N) is 1. The van der Waals surface area contributed by atoms with E-state index >= 15 is 0 Å². The van der Waals surface area contributed by atoms with Crippen LogP contribution in [0.2, 0.25) is 0 Å². The molecule has 2 atom stereocenters. The summed E-state index contributed by atoms with van der Waals surface area (Å²) in [5.74, 6) is 0.396. The number of benzene rings is 2. The summed E-state index contributed by atoms with van der Waals surface area (Å²) in [6, 6.07) is 13.7. The van der Waals surface area contributed by atoms with Crippen LogP contribution in [0.15, 0.2) is 48.5 Å². The molecule has 116 valence electrons. The van der Waals surface area contributed by atoms with Crippen LogP contribution in [0.1, 0.15) is 37.8 Å². The third-order valence-electron chi connectivity index (χ3n) is 4.97. The molecule has 0 saturated carbocycles. The standard InChI is InChI=1S/C18H20NO3/c1-17(13-3-7-15(20)8-4-13)11-12-18(2,19(17)22)14-5-9-16(21)10-6-14/h3-10,20-21H,11-12H2,1-2H3/q-1/t17-,18-/m0/s1.